The molecule has 1 fully saturated rings. The highest BCUT2D eigenvalue weighted by molar-refractivity contribution is 7.98. The van der Waals surface area contributed by atoms with Crippen LogP contribution in [-0.4, -0.2) is 49.1 Å². The van der Waals surface area contributed by atoms with Crippen molar-refractivity contribution >= 4 is 11.8 Å². The fraction of sp³-hybridized carbons (Fsp3) is 1.00. The molecule has 1 rings (SSSR count). The summed E-state index contributed by atoms with van der Waals surface area (Å²) in [6.07, 6.45) is 4.83. The van der Waals surface area contributed by atoms with Crippen LogP contribution in [0, 0.1) is 5.92 Å². The van der Waals surface area contributed by atoms with Gasteiger partial charge in [-0.25, -0.2) is 0 Å². The third-order valence-corrected chi connectivity index (χ3v) is 4.02. The van der Waals surface area contributed by atoms with E-state index in [9.17, 15) is 0 Å². The molecule has 1 aliphatic rings. The molecule has 1 aliphatic heterocycles. The lowest BCUT2D eigenvalue weighted by molar-refractivity contribution is 0.268. The van der Waals surface area contributed by atoms with Gasteiger partial charge in [-0.3, -0.25) is 4.90 Å². The van der Waals surface area contributed by atoms with Crippen molar-refractivity contribution in [3.63, 3.8) is 0 Å². The second-order valence-electron chi connectivity index (χ2n) is 4.66. The van der Waals surface area contributed by atoms with Gasteiger partial charge in [0.15, 0.2) is 0 Å². The molecule has 2 nitrogen and oxygen atoms in total. The largest absolute Gasteiger partial charge is 0.316 e. The second kappa shape index (κ2) is 7.53. The number of hydrogen-bond acceptors (Lipinski definition) is 3. The highest BCUT2D eigenvalue weighted by Crippen LogP contribution is 2.19. The van der Waals surface area contributed by atoms with Crippen LogP contribution in [0.25, 0.3) is 0 Å². The van der Waals surface area contributed by atoms with Crippen molar-refractivity contribution in [2.45, 2.75) is 32.7 Å². The van der Waals surface area contributed by atoms with Gasteiger partial charge in [0.1, 0.15) is 0 Å². The van der Waals surface area contributed by atoms with Gasteiger partial charge in [-0.05, 0) is 51.6 Å². The van der Waals surface area contributed by atoms with E-state index >= 15 is 0 Å². The lowest BCUT2D eigenvalue weighted by Crippen LogP contribution is -2.34. The zero-order chi connectivity index (χ0) is 11.1. The summed E-state index contributed by atoms with van der Waals surface area (Å²) in [5, 5.41) is 3.54. The molecule has 0 amide bonds. The number of rotatable bonds is 7. The van der Waals surface area contributed by atoms with Crippen LogP contribution < -0.4 is 5.32 Å². The average molecular weight is 230 g/mol. The van der Waals surface area contributed by atoms with Crippen molar-refractivity contribution in [2.75, 3.05) is 38.2 Å². The van der Waals surface area contributed by atoms with E-state index in [4.69, 9.17) is 0 Å². The summed E-state index contributed by atoms with van der Waals surface area (Å²) in [6.45, 7) is 9.60. The lowest BCUT2D eigenvalue weighted by atomic mass is 10.1. The molecule has 0 saturated carbocycles. The van der Waals surface area contributed by atoms with E-state index in [1.165, 1.54) is 44.8 Å². The zero-order valence-corrected chi connectivity index (χ0v) is 11.3. The Labute approximate surface area is 99.2 Å². The van der Waals surface area contributed by atoms with Crippen LogP contribution in [0.4, 0.5) is 0 Å². The fourth-order valence-corrected chi connectivity index (χ4v) is 2.95. The Morgan fingerprint density at radius 1 is 1.53 bits per heavy atom. The number of nitrogens with one attached hydrogen (secondary N) is 1. The molecule has 15 heavy (non-hydrogen) atoms. The SMILES string of the molecule is CCCNCC1CCN(C(C)CSC)C1. The van der Waals surface area contributed by atoms with Crippen LogP contribution in [-0.2, 0) is 0 Å². The molecule has 0 aromatic heterocycles. The number of nitrogens with zero attached hydrogens (tertiary/aromatic N) is 1. The highest BCUT2D eigenvalue weighted by atomic mass is 32.2. The van der Waals surface area contributed by atoms with Crippen LogP contribution in [0.3, 0.4) is 0 Å². The second-order valence-corrected chi connectivity index (χ2v) is 5.57. The predicted molar refractivity (Wildman–Crippen MR) is 70.7 cm³/mol. The fourth-order valence-electron chi connectivity index (χ4n) is 2.26. The Morgan fingerprint density at radius 3 is 3.00 bits per heavy atom. The molecule has 0 bridgehead atoms. The Balaban J connectivity index is 2.14. The van der Waals surface area contributed by atoms with E-state index in [1.807, 2.05) is 11.8 Å². The molecule has 1 heterocycles. The van der Waals surface area contributed by atoms with Crippen LogP contribution in [0.5, 0.6) is 0 Å². The van der Waals surface area contributed by atoms with Gasteiger partial charge >= 0.3 is 0 Å². The van der Waals surface area contributed by atoms with Gasteiger partial charge in [-0.1, -0.05) is 6.92 Å². The van der Waals surface area contributed by atoms with Gasteiger partial charge in [0.2, 0.25) is 0 Å². The number of likely N-dealkylation sites (tertiary alicyclic amines) is 1. The van der Waals surface area contributed by atoms with E-state index in [0.717, 1.165) is 12.0 Å². The van der Waals surface area contributed by atoms with Crippen molar-refractivity contribution in [1.29, 1.82) is 0 Å². The third kappa shape index (κ3) is 4.75. The highest BCUT2D eigenvalue weighted by Gasteiger charge is 2.25. The maximum absolute atomic E-state index is 3.54. The molecule has 0 aromatic rings. The van der Waals surface area contributed by atoms with Gasteiger partial charge in [0, 0.05) is 18.3 Å². The summed E-state index contributed by atoms with van der Waals surface area (Å²) in [5.74, 6) is 2.16. The first-order chi connectivity index (χ1) is 7.27. The number of hydrogen-bond donors (Lipinski definition) is 1. The molecule has 2 atom stereocenters. The zero-order valence-electron chi connectivity index (χ0n) is 10.5. The standard InChI is InChI=1S/C12H26N2S/c1-4-6-13-8-12-5-7-14(9-12)11(2)10-15-3/h11-13H,4-10H2,1-3H3. The minimum absolute atomic E-state index is 0.760. The Bertz CT molecular complexity index is 164. The molecule has 0 spiro atoms. The van der Waals surface area contributed by atoms with Gasteiger partial charge in [0.25, 0.3) is 0 Å². The monoisotopic (exact) mass is 230 g/mol. The first-order valence-corrected chi connectivity index (χ1v) is 7.61. The van der Waals surface area contributed by atoms with Crippen molar-refractivity contribution < 1.29 is 0 Å². The maximum atomic E-state index is 3.54. The van der Waals surface area contributed by atoms with E-state index in [0.29, 0.717) is 0 Å². The first kappa shape index (κ1) is 13.3. The normalized spacial score (nSPS) is 24.6. The average Bonchev–Trinajstić information content (AvgIpc) is 2.67. The minimum atomic E-state index is 0.760. The van der Waals surface area contributed by atoms with Crippen LogP contribution in [0.15, 0.2) is 0 Å². The van der Waals surface area contributed by atoms with Crippen LogP contribution >= 0.6 is 11.8 Å². The molecule has 3 heteroatoms. The smallest absolute Gasteiger partial charge is 0.0158 e. The van der Waals surface area contributed by atoms with E-state index in [-0.39, 0.29) is 0 Å². The summed E-state index contributed by atoms with van der Waals surface area (Å²) >= 11 is 1.96. The summed E-state index contributed by atoms with van der Waals surface area (Å²) < 4.78 is 0. The quantitative estimate of drug-likeness (QED) is 0.674. The van der Waals surface area contributed by atoms with Gasteiger partial charge < -0.3 is 5.32 Å². The molecule has 2 unspecified atom stereocenters. The Morgan fingerprint density at radius 2 is 2.33 bits per heavy atom. The molecule has 1 saturated heterocycles. The van der Waals surface area contributed by atoms with Crippen molar-refractivity contribution in [2.24, 2.45) is 5.92 Å². The summed E-state index contributed by atoms with van der Waals surface area (Å²) in [7, 11) is 0. The van der Waals surface area contributed by atoms with Crippen molar-refractivity contribution in [3.8, 4) is 0 Å². The Kier molecular flexibility index (Phi) is 6.69. The summed E-state index contributed by atoms with van der Waals surface area (Å²) in [5.41, 5.74) is 0. The summed E-state index contributed by atoms with van der Waals surface area (Å²) in [6, 6.07) is 0.760. The van der Waals surface area contributed by atoms with Gasteiger partial charge in [-0.2, -0.15) is 11.8 Å². The van der Waals surface area contributed by atoms with E-state index in [2.05, 4.69) is 30.3 Å². The van der Waals surface area contributed by atoms with Gasteiger partial charge in [0.05, 0.1) is 0 Å². The molecular formula is C12H26N2S. The van der Waals surface area contributed by atoms with E-state index < -0.39 is 0 Å². The molecule has 0 aliphatic carbocycles. The predicted octanol–water partition coefficient (Wildman–Crippen LogP) is 2.06. The van der Waals surface area contributed by atoms with E-state index in [1.54, 1.807) is 0 Å². The molecular weight excluding hydrogens is 204 g/mol. The Hall–Kier alpha value is 0.270. The third-order valence-electron chi connectivity index (χ3n) is 3.21. The number of thioether (sulfide) groups is 1. The topological polar surface area (TPSA) is 15.3 Å². The molecule has 0 aromatic carbocycles. The van der Waals surface area contributed by atoms with Crippen molar-refractivity contribution in [3.05, 3.63) is 0 Å². The van der Waals surface area contributed by atoms with Gasteiger partial charge in [-0.15, -0.1) is 0 Å². The van der Waals surface area contributed by atoms with Crippen molar-refractivity contribution in [1.82, 2.24) is 10.2 Å². The van der Waals surface area contributed by atoms with Crippen LogP contribution in [0.1, 0.15) is 26.7 Å². The lowest BCUT2D eigenvalue weighted by Gasteiger charge is -2.23. The molecule has 0 radical (unpaired) electrons. The minimum Gasteiger partial charge on any atom is -0.316 e. The molecule has 90 valence electrons. The summed E-state index contributed by atoms with van der Waals surface area (Å²) in [4.78, 5) is 2.65. The maximum Gasteiger partial charge on any atom is 0.0158 e. The van der Waals surface area contributed by atoms with Crippen LogP contribution in [0.2, 0.25) is 0 Å². The molecule has 1 N–H and O–H groups in total. The first-order valence-electron chi connectivity index (χ1n) is 6.21.